The molecule has 0 bridgehead atoms. The summed E-state index contributed by atoms with van der Waals surface area (Å²) in [4.78, 5) is 2.38. The van der Waals surface area contributed by atoms with Gasteiger partial charge in [-0.25, -0.2) is 0 Å². The topological polar surface area (TPSA) is 8.17 Å². The lowest BCUT2D eigenvalue weighted by molar-refractivity contribution is 1.17. The molecule has 11 aromatic rings. The van der Waals surface area contributed by atoms with Gasteiger partial charge in [0.2, 0.25) is 0 Å². The molecule has 0 unspecified atom stereocenters. The fourth-order valence-corrected chi connectivity index (χ4v) is 9.42. The number of benzene rings is 9. The van der Waals surface area contributed by atoms with Crippen LogP contribution in [0.1, 0.15) is 0 Å². The van der Waals surface area contributed by atoms with Crippen molar-refractivity contribution >= 4 is 81.1 Å². The molecule has 2 nitrogen and oxygen atoms in total. The Morgan fingerprint density at radius 2 is 0.964 bits per heavy atom. The minimum Gasteiger partial charge on any atom is -0.310 e. The molecule has 0 spiro atoms. The van der Waals surface area contributed by atoms with Crippen LogP contribution in [-0.2, 0) is 0 Å². The van der Waals surface area contributed by atoms with Crippen LogP contribution >= 0.6 is 11.3 Å². The second-order valence-corrected chi connectivity index (χ2v) is 15.3. The second kappa shape index (κ2) is 12.9. The third-order valence-electron chi connectivity index (χ3n) is 11.0. The number of thiophene rings is 1. The lowest BCUT2D eigenvalue weighted by Crippen LogP contribution is -2.10. The van der Waals surface area contributed by atoms with E-state index in [1.54, 1.807) is 0 Å². The first-order chi connectivity index (χ1) is 27.2. The molecule has 0 saturated heterocycles. The van der Waals surface area contributed by atoms with Crippen LogP contribution in [0.2, 0.25) is 0 Å². The van der Waals surface area contributed by atoms with Crippen LogP contribution in [0.25, 0.3) is 80.7 Å². The van der Waals surface area contributed by atoms with Crippen molar-refractivity contribution in [3.05, 3.63) is 206 Å². The highest BCUT2D eigenvalue weighted by Gasteiger charge is 2.18. The van der Waals surface area contributed by atoms with Gasteiger partial charge in [-0.1, -0.05) is 133 Å². The van der Waals surface area contributed by atoms with Crippen LogP contribution in [0, 0.1) is 0 Å². The molecule has 2 heterocycles. The summed E-state index contributed by atoms with van der Waals surface area (Å²) in [5.74, 6) is 0. The van der Waals surface area contributed by atoms with Crippen molar-refractivity contribution in [1.82, 2.24) is 4.57 Å². The number of fused-ring (bicyclic) bond motifs is 7. The predicted molar refractivity (Wildman–Crippen MR) is 237 cm³/mol. The standard InChI is InChI=1S/C52H34N2S/c1-2-11-35(12-3-1)37-23-27-41(28-24-37)53(42-29-25-38(26-30-42)40-22-21-36-13-4-5-14-39(36)31-40)43-15-10-16-44(32-43)54-49-19-8-6-17-45(49)47-34-52-48(33-50(47)54)46-18-7-9-20-51(46)55-52/h1-34H. The van der Waals surface area contributed by atoms with E-state index in [0.717, 1.165) is 22.7 Å². The lowest BCUT2D eigenvalue weighted by Gasteiger charge is -2.26. The van der Waals surface area contributed by atoms with Crippen molar-refractivity contribution in [1.29, 1.82) is 0 Å². The fourth-order valence-electron chi connectivity index (χ4n) is 8.29. The van der Waals surface area contributed by atoms with E-state index in [9.17, 15) is 0 Å². The van der Waals surface area contributed by atoms with Gasteiger partial charge in [0.25, 0.3) is 0 Å². The quantitative estimate of drug-likeness (QED) is 0.166. The Kier molecular flexibility index (Phi) is 7.39. The van der Waals surface area contributed by atoms with E-state index < -0.39 is 0 Å². The van der Waals surface area contributed by atoms with Crippen molar-refractivity contribution in [2.45, 2.75) is 0 Å². The van der Waals surface area contributed by atoms with E-state index in [1.165, 1.54) is 75.0 Å². The van der Waals surface area contributed by atoms with E-state index in [0.29, 0.717) is 0 Å². The van der Waals surface area contributed by atoms with Crippen LogP contribution in [0.4, 0.5) is 17.1 Å². The smallest absolute Gasteiger partial charge is 0.0548 e. The zero-order chi connectivity index (χ0) is 36.3. The molecular formula is C52H34N2S. The highest BCUT2D eigenvalue weighted by atomic mass is 32.1. The van der Waals surface area contributed by atoms with Gasteiger partial charge >= 0.3 is 0 Å². The van der Waals surface area contributed by atoms with Gasteiger partial charge in [0.15, 0.2) is 0 Å². The molecule has 55 heavy (non-hydrogen) atoms. The maximum Gasteiger partial charge on any atom is 0.0548 e. The number of anilines is 3. The molecule has 0 aliphatic rings. The Bertz CT molecular complexity index is 3190. The van der Waals surface area contributed by atoms with Crippen molar-refractivity contribution in [3.8, 4) is 27.9 Å². The number of aromatic nitrogens is 1. The molecule has 0 atom stereocenters. The fraction of sp³-hybridized carbons (Fsp3) is 0. The summed E-state index contributed by atoms with van der Waals surface area (Å²) in [5, 5.41) is 7.66. The van der Waals surface area contributed by atoms with Gasteiger partial charge in [-0.2, -0.15) is 0 Å². The third-order valence-corrected chi connectivity index (χ3v) is 12.1. The molecule has 0 amide bonds. The SMILES string of the molecule is c1ccc(-c2ccc(N(c3ccc(-c4ccc5ccccc5c4)cc3)c3cccc(-n4c5ccccc5c5cc6sc7ccccc7c6cc54)c3)cc2)cc1. The Labute approximate surface area is 323 Å². The Morgan fingerprint density at radius 1 is 0.327 bits per heavy atom. The summed E-state index contributed by atoms with van der Waals surface area (Å²) in [7, 11) is 0. The van der Waals surface area contributed by atoms with E-state index in [2.05, 4.69) is 216 Å². The molecule has 0 saturated carbocycles. The van der Waals surface area contributed by atoms with E-state index in [-0.39, 0.29) is 0 Å². The molecule has 2 aromatic heterocycles. The summed E-state index contributed by atoms with van der Waals surface area (Å²) < 4.78 is 5.09. The van der Waals surface area contributed by atoms with E-state index >= 15 is 0 Å². The van der Waals surface area contributed by atoms with E-state index in [4.69, 9.17) is 0 Å². The van der Waals surface area contributed by atoms with Crippen molar-refractivity contribution in [3.63, 3.8) is 0 Å². The van der Waals surface area contributed by atoms with Crippen LogP contribution in [0.15, 0.2) is 206 Å². The average molecular weight is 719 g/mol. The molecule has 0 N–H and O–H groups in total. The highest BCUT2D eigenvalue weighted by Crippen LogP contribution is 2.42. The second-order valence-electron chi connectivity index (χ2n) is 14.2. The Hall–Kier alpha value is -6.94. The predicted octanol–water partition coefficient (Wildman–Crippen LogP) is 15.1. The first kappa shape index (κ1) is 31.6. The third kappa shape index (κ3) is 5.40. The minimum absolute atomic E-state index is 1.09. The summed E-state index contributed by atoms with van der Waals surface area (Å²) >= 11 is 1.88. The van der Waals surface area contributed by atoms with Crippen molar-refractivity contribution < 1.29 is 0 Å². The molecule has 9 aromatic carbocycles. The summed E-state index contributed by atoms with van der Waals surface area (Å²) in [6.45, 7) is 0. The molecule has 0 aliphatic heterocycles. The highest BCUT2D eigenvalue weighted by molar-refractivity contribution is 7.25. The molecule has 0 aliphatic carbocycles. The molecule has 3 heteroatoms. The van der Waals surface area contributed by atoms with Crippen molar-refractivity contribution in [2.24, 2.45) is 0 Å². The maximum atomic E-state index is 2.44. The summed E-state index contributed by atoms with van der Waals surface area (Å²) in [6, 6.07) is 75.2. The van der Waals surface area contributed by atoms with Gasteiger partial charge < -0.3 is 9.47 Å². The van der Waals surface area contributed by atoms with Gasteiger partial charge in [-0.05, 0) is 106 Å². The van der Waals surface area contributed by atoms with Crippen LogP contribution in [-0.4, -0.2) is 4.57 Å². The largest absolute Gasteiger partial charge is 0.310 e. The zero-order valence-corrected chi connectivity index (χ0v) is 30.7. The molecular weight excluding hydrogens is 685 g/mol. The first-order valence-corrected chi connectivity index (χ1v) is 19.6. The zero-order valence-electron chi connectivity index (χ0n) is 29.9. The Morgan fingerprint density at radius 3 is 1.76 bits per heavy atom. The van der Waals surface area contributed by atoms with Gasteiger partial charge in [-0.15, -0.1) is 11.3 Å². The monoisotopic (exact) mass is 718 g/mol. The summed E-state index contributed by atoms with van der Waals surface area (Å²) in [6.07, 6.45) is 0. The van der Waals surface area contributed by atoms with Gasteiger partial charge in [-0.3, -0.25) is 0 Å². The Balaban J connectivity index is 1.07. The van der Waals surface area contributed by atoms with E-state index in [1.807, 2.05) is 11.3 Å². The molecule has 258 valence electrons. The molecule has 11 rings (SSSR count). The number of para-hydroxylation sites is 1. The van der Waals surface area contributed by atoms with Crippen LogP contribution < -0.4 is 4.90 Å². The van der Waals surface area contributed by atoms with Crippen LogP contribution in [0.3, 0.4) is 0 Å². The maximum absolute atomic E-state index is 2.44. The minimum atomic E-state index is 1.09. The summed E-state index contributed by atoms with van der Waals surface area (Å²) in [5.41, 5.74) is 11.7. The number of hydrogen-bond donors (Lipinski definition) is 0. The molecule has 0 fully saturated rings. The van der Waals surface area contributed by atoms with Gasteiger partial charge in [0.1, 0.15) is 0 Å². The van der Waals surface area contributed by atoms with Crippen LogP contribution in [0.5, 0.6) is 0 Å². The number of nitrogens with zero attached hydrogens (tertiary/aromatic N) is 2. The van der Waals surface area contributed by atoms with Crippen molar-refractivity contribution in [2.75, 3.05) is 4.90 Å². The number of hydrogen-bond acceptors (Lipinski definition) is 2. The van der Waals surface area contributed by atoms with Gasteiger partial charge in [0, 0.05) is 53.7 Å². The lowest BCUT2D eigenvalue weighted by atomic mass is 10.0. The first-order valence-electron chi connectivity index (χ1n) is 18.7. The normalized spacial score (nSPS) is 11.6. The average Bonchev–Trinajstić information content (AvgIpc) is 3.78. The van der Waals surface area contributed by atoms with Gasteiger partial charge in [0.05, 0.1) is 11.0 Å². The number of rotatable bonds is 6. The molecule has 0 radical (unpaired) electrons.